The van der Waals surface area contributed by atoms with Gasteiger partial charge in [0.2, 0.25) is 0 Å². The van der Waals surface area contributed by atoms with Crippen LogP contribution in [0.25, 0.3) is 11.1 Å². The second kappa shape index (κ2) is 8.00. The lowest BCUT2D eigenvalue weighted by atomic mass is 10.00. The largest absolute Gasteiger partial charge is 0.416 e. The number of hydrogen-bond donors (Lipinski definition) is 0. The van der Waals surface area contributed by atoms with Gasteiger partial charge in [0, 0.05) is 0 Å². The predicted molar refractivity (Wildman–Crippen MR) is 88.9 cm³/mol. The molecular weight excluding hydrogens is 297 g/mol. The first-order valence-electron chi connectivity index (χ1n) is 7.70. The van der Waals surface area contributed by atoms with Crippen LogP contribution in [0.4, 0.5) is 13.2 Å². The summed E-state index contributed by atoms with van der Waals surface area (Å²) in [6.07, 6.45) is 4.00. The van der Waals surface area contributed by atoms with Crippen LogP contribution in [0, 0.1) is 6.42 Å². The molecule has 2 aromatic carbocycles. The first-order chi connectivity index (χ1) is 11.0. The number of unbranched alkanes of at least 4 members (excludes halogenated alkanes) is 3. The quantitative estimate of drug-likeness (QED) is 0.405. The molecule has 23 heavy (non-hydrogen) atoms. The topological polar surface area (TPSA) is 0 Å². The molecule has 3 heteroatoms. The minimum Gasteiger partial charge on any atom is -0.166 e. The normalized spacial score (nSPS) is 11.4. The highest BCUT2D eigenvalue weighted by atomic mass is 19.4. The van der Waals surface area contributed by atoms with E-state index in [2.05, 4.69) is 13.0 Å². The Balaban J connectivity index is 1.95. The minimum atomic E-state index is -4.29. The van der Waals surface area contributed by atoms with Crippen molar-refractivity contribution in [1.82, 2.24) is 0 Å². The number of allylic oxidation sites excluding steroid dienone is 1. The monoisotopic (exact) mass is 317 g/mol. The van der Waals surface area contributed by atoms with Crippen molar-refractivity contribution in [3.63, 3.8) is 0 Å². The summed E-state index contributed by atoms with van der Waals surface area (Å²) in [5.41, 5.74) is 2.31. The maximum atomic E-state index is 12.6. The number of halogens is 3. The fraction of sp³-hybridized carbons (Fsp3) is 0.250. The molecule has 2 rings (SSSR count). The minimum absolute atomic E-state index is 0.619. The summed E-state index contributed by atoms with van der Waals surface area (Å²) >= 11 is 0. The molecule has 2 aromatic rings. The molecule has 0 saturated heterocycles. The molecule has 0 amide bonds. The second-order valence-electron chi connectivity index (χ2n) is 5.48. The summed E-state index contributed by atoms with van der Waals surface area (Å²) in [4.78, 5) is 0. The Labute approximate surface area is 135 Å². The van der Waals surface area contributed by atoms with Crippen LogP contribution >= 0.6 is 0 Å². The van der Waals surface area contributed by atoms with Gasteiger partial charge < -0.3 is 0 Å². The van der Waals surface area contributed by atoms with Crippen molar-refractivity contribution in [2.75, 3.05) is 0 Å². The third-order valence-corrected chi connectivity index (χ3v) is 3.70. The van der Waals surface area contributed by atoms with Gasteiger partial charge in [-0.15, -0.1) is 6.58 Å². The first-order valence-corrected chi connectivity index (χ1v) is 7.70. The lowest BCUT2D eigenvalue weighted by Crippen LogP contribution is -2.03. The summed E-state index contributed by atoms with van der Waals surface area (Å²) in [6.45, 7) is 3.70. The predicted octanol–water partition coefficient (Wildman–Crippen LogP) is 6.48. The first kappa shape index (κ1) is 17.3. The highest BCUT2D eigenvalue weighted by molar-refractivity contribution is 5.64. The summed E-state index contributed by atoms with van der Waals surface area (Å²) < 4.78 is 37.7. The molecule has 0 fully saturated rings. The molecule has 0 aliphatic rings. The van der Waals surface area contributed by atoms with Crippen LogP contribution in [-0.2, 0) is 12.6 Å². The molecule has 121 valence electrons. The molecule has 0 aliphatic carbocycles. The van der Waals surface area contributed by atoms with Crippen LogP contribution in [0.5, 0.6) is 0 Å². The van der Waals surface area contributed by atoms with E-state index in [4.69, 9.17) is 0 Å². The Morgan fingerprint density at radius 3 is 1.91 bits per heavy atom. The third kappa shape index (κ3) is 5.27. The van der Waals surface area contributed by atoms with Gasteiger partial charge in [-0.25, -0.2) is 0 Å². The molecule has 0 bridgehead atoms. The summed E-state index contributed by atoms with van der Waals surface area (Å²) in [6, 6.07) is 13.2. The van der Waals surface area contributed by atoms with Crippen molar-refractivity contribution in [2.45, 2.75) is 31.9 Å². The van der Waals surface area contributed by atoms with E-state index in [9.17, 15) is 13.2 Å². The van der Waals surface area contributed by atoms with E-state index in [0.717, 1.165) is 48.9 Å². The third-order valence-electron chi connectivity index (χ3n) is 3.70. The van der Waals surface area contributed by atoms with Gasteiger partial charge in [0.15, 0.2) is 0 Å². The molecule has 0 atom stereocenters. The smallest absolute Gasteiger partial charge is 0.166 e. The zero-order valence-corrected chi connectivity index (χ0v) is 12.9. The summed E-state index contributed by atoms with van der Waals surface area (Å²) in [5.74, 6) is 0. The van der Waals surface area contributed by atoms with Crippen LogP contribution in [0.1, 0.15) is 30.4 Å². The van der Waals surface area contributed by atoms with Crippen LogP contribution in [0.2, 0.25) is 0 Å². The van der Waals surface area contributed by atoms with Crippen molar-refractivity contribution in [3.05, 3.63) is 78.7 Å². The van der Waals surface area contributed by atoms with Crippen LogP contribution in [-0.4, -0.2) is 0 Å². The van der Waals surface area contributed by atoms with E-state index in [-0.39, 0.29) is 0 Å². The molecule has 0 aromatic heterocycles. The molecule has 0 spiro atoms. The van der Waals surface area contributed by atoms with E-state index >= 15 is 0 Å². The van der Waals surface area contributed by atoms with Gasteiger partial charge in [-0.1, -0.05) is 42.5 Å². The fourth-order valence-electron chi connectivity index (χ4n) is 2.36. The maximum Gasteiger partial charge on any atom is 0.416 e. The molecule has 0 N–H and O–H groups in total. The number of benzene rings is 2. The van der Waals surface area contributed by atoms with Crippen molar-refractivity contribution >= 4 is 0 Å². The van der Waals surface area contributed by atoms with Gasteiger partial charge in [0.25, 0.3) is 0 Å². The van der Waals surface area contributed by atoms with Crippen LogP contribution in [0.15, 0.2) is 61.2 Å². The molecule has 0 saturated carbocycles. The average molecular weight is 317 g/mol. The zero-order chi connectivity index (χ0) is 16.7. The van der Waals surface area contributed by atoms with Gasteiger partial charge in [-0.05, 0) is 60.9 Å². The Hall–Kier alpha value is -2.03. The highest BCUT2D eigenvalue weighted by Gasteiger charge is 2.29. The van der Waals surface area contributed by atoms with Crippen LogP contribution < -0.4 is 0 Å². The van der Waals surface area contributed by atoms with E-state index < -0.39 is 11.7 Å². The van der Waals surface area contributed by atoms with Crippen molar-refractivity contribution < 1.29 is 13.2 Å². The lowest BCUT2D eigenvalue weighted by molar-refractivity contribution is -0.137. The number of hydrogen-bond acceptors (Lipinski definition) is 0. The molecular formula is C20H20F3. The van der Waals surface area contributed by atoms with E-state index in [1.807, 2.05) is 30.3 Å². The van der Waals surface area contributed by atoms with Gasteiger partial charge in [-0.3, -0.25) is 0 Å². The van der Waals surface area contributed by atoms with Gasteiger partial charge in [0.05, 0.1) is 5.56 Å². The molecule has 0 heterocycles. The zero-order valence-electron chi connectivity index (χ0n) is 12.9. The van der Waals surface area contributed by atoms with Crippen molar-refractivity contribution in [3.8, 4) is 11.1 Å². The Bertz CT molecular complexity index is 607. The van der Waals surface area contributed by atoms with Crippen LogP contribution in [0.3, 0.4) is 0 Å². The molecule has 1 radical (unpaired) electrons. The summed E-state index contributed by atoms with van der Waals surface area (Å²) in [5, 5.41) is 0. The molecule has 0 unspecified atom stereocenters. The maximum absolute atomic E-state index is 12.6. The van der Waals surface area contributed by atoms with Gasteiger partial charge >= 0.3 is 6.18 Å². The highest BCUT2D eigenvalue weighted by Crippen LogP contribution is 2.31. The van der Waals surface area contributed by atoms with Gasteiger partial charge in [0.1, 0.15) is 0 Å². The number of rotatable bonds is 7. The average Bonchev–Trinajstić information content (AvgIpc) is 2.55. The van der Waals surface area contributed by atoms with E-state index in [1.54, 1.807) is 0 Å². The van der Waals surface area contributed by atoms with E-state index in [0.29, 0.717) is 0 Å². The van der Waals surface area contributed by atoms with Crippen molar-refractivity contribution in [2.24, 2.45) is 0 Å². The standard InChI is InChI=1S/C20H20F3/c1-2-3-4-5-6-7-16-8-10-17(11-9-16)18-12-14-19(15-13-18)20(21,22)23/h2,6,8-15H,1,3-5,7H2. The van der Waals surface area contributed by atoms with Gasteiger partial charge in [-0.2, -0.15) is 13.2 Å². The Morgan fingerprint density at radius 1 is 0.826 bits per heavy atom. The SMILES string of the molecule is C=CCCC[CH]Cc1ccc(-c2ccc(C(F)(F)F)cc2)cc1. The van der Waals surface area contributed by atoms with Crippen molar-refractivity contribution in [1.29, 1.82) is 0 Å². The lowest BCUT2D eigenvalue weighted by Gasteiger charge is -2.08. The Kier molecular flexibility index (Phi) is 6.03. The van der Waals surface area contributed by atoms with E-state index in [1.165, 1.54) is 17.7 Å². The fourth-order valence-corrected chi connectivity index (χ4v) is 2.36. The number of alkyl halides is 3. The molecule has 0 nitrogen and oxygen atoms in total. The Morgan fingerprint density at radius 2 is 1.39 bits per heavy atom. The second-order valence-corrected chi connectivity index (χ2v) is 5.48. The summed E-state index contributed by atoms with van der Waals surface area (Å²) in [7, 11) is 0. The molecule has 0 aliphatic heterocycles.